The Bertz CT molecular complexity index is 946. The van der Waals surface area contributed by atoms with E-state index in [2.05, 4.69) is 30.3 Å². The second-order valence-electron chi connectivity index (χ2n) is 6.59. The molecular formula is C22H20N2O2S. The predicted molar refractivity (Wildman–Crippen MR) is 106 cm³/mol. The SMILES string of the molecule is O=C(CSc1cccc[n+]1[O-])N1Cc2ccccc2[C@H](c2ccccc2)C1. The summed E-state index contributed by atoms with van der Waals surface area (Å²) in [6.45, 7) is 1.28. The van der Waals surface area contributed by atoms with Gasteiger partial charge in [-0.2, -0.15) is 4.73 Å². The minimum absolute atomic E-state index is 0.0549. The number of carbonyl (C=O) groups is 1. The van der Waals surface area contributed by atoms with Gasteiger partial charge in [-0.05, 0) is 34.5 Å². The van der Waals surface area contributed by atoms with Crippen LogP contribution in [0.2, 0.25) is 0 Å². The van der Waals surface area contributed by atoms with E-state index < -0.39 is 0 Å². The van der Waals surface area contributed by atoms with Crippen molar-refractivity contribution in [3.63, 3.8) is 0 Å². The van der Waals surface area contributed by atoms with E-state index in [-0.39, 0.29) is 17.6 Å². The van der Waals surface area contributed by atoms with Gasteiger partial charge in [-0.15, -0.1) is 0 Å². The Morgan fingerprint density at radius 1 is 1.04 bits per heavy atom. The molecular weight excluding hydrogens is 356 g/mol. The van der Waals surface area contributed by atoms with E-state index in [4.69, 9.17) is 0 Å². The van der Waals surface area contributed by atoms with E-state index in [1.807, 2.05) is 35.2 Å². The molecule has 1 amide bonds. The number of fused-ring (bicyclic) bond motifs is 1. The van der Waals surface area contributed by atoms with E-state index in [9.17, 15) is 10.0 Å². The predicted octanol–water partition coefficient (Wildman–Crippen LogP) is 3.59. The van der Waals surface area contributed by atoms with Gasteiger partial charge < -0.3 is 10.1 Å². The molecule has 0 fully saturated rings. The third-order valence-corrected chi connectivity index (χ3v) is 5.88. The monoisotopic (exact) mass is 376 g/mol. The molecule has 1 atom stereocenters. The first-order valence-corrected chi connectivity index (χ1v) is 9.92. The maximum absolute atomic E-state index is 12.9. The van der Waals surface area contributed by atoms with Crippen LogP contribution in [-0.4, -0.2) is 23.1 Å². The number of aromatic nitrogens is 1. The molecule has 0 saturated heterocycles. The summed E-state index contributed by atoms with van der Waals surface area (Å²) < 4.78 is 0.802. The number of hydrogen-bond acceptors (Lipinski definition) is 3. The third kappa shape index (κ3) is 3.83. The van der Waals surface area contributed by atoms with Crippen molar-refractivity contribution in [2.75, 3.05) is 12.3 Å². The molecule has 4 rings (SSSR count). The number of hydrogen-bond donors (Lipinski definition) is 0. The second-order valence-corrected chi connectivity index (χ2v) is 7.59. The van der Waals surface area contributed by atoms with Crippen molar-refractivity contribution >= 4 is 17.7 Å². The Morgan fingerprint density at radius 3 is 2.59 bits per heavy atom. The van der Waals surface area contributed by atoms with Gasteiger partial charge in [-0.3, -0.25) is 4.79 Å². The van der Waals surface area contributed by atoms with Crippen LogP contribution in [0, 0.1) is 5.21 Å². The standard InChI is InChI=1S/C22H20N2O2S/c25-21(16-27-22-12-6-7-13-24(22)26)23-14-18-10-4-5-11-19(18)20(15-23)17-8-2-1-3-9-17/h1-13,20H,14-16H2/t20-/m0/s1. The lowest BCUT2D eigenvalue weighted by atomic mass is 9.85. The van der Waals surface area contributed by atoms with Crippen LogP contribution in [0.15, 0.2) is 84.0 Å². The minimum atomic E-state index is 0.0549. The smallest absolute Gasteiger partial charge is 0.251 e. The van der Waals surface area contributed by atoms with E-state index in [1.165, 1.54) is 34.6 Å². The maximum Gasteiger partial charge on any atom is 0.251 e. The zero-order chi connectivity index (χ0) is 18.6. The van der Waals surface area contributed by atoms with Crippen molar-refractivity contribution in [2.24, 2.45) is 0 Å². The fourth-order valence-electron chi connectivity index (χ4n) is 3.52. The Hall–Kier alpha value is -2.79. The number of benzene rings is 2. The van der Waals surface area contributed by atoms with Gasteiger partial charge in [-0.1, -0.05) is 54.6 Å². The molecule has 1 aliphatic rings. The molecule has 3 aromatic rings. The highest BCUT2D eigenvalue weighted by molar-refractivity contribution is 7.99. The van der Waals surface area contributed by atoms with Crippen LogP contribution >= 0.6 is 11.8 Å². The van der Waals surface area contributed by atoms with Gasteiger partial charge in [0.2, 0.25) is 5.91 Å². The quantitative estimate of drug-likeness (QED) is 0.397. The number of thioether (sulfide) groups is 1. The molecule has 0 bridgehead atoms. The Labute approximate surface area is 163 Å². The average Bonchev–Trinajstić information content (AvgIpc) is 2.73. The number of pyridine rings is 1. The van der Waals surface area contributed by atoms with Crippen molar-refractivity contribution in [2.45, 2.75) is 17.5 Å². The summed E-state index contributed by atoms with van der Waals surface area (Å²) in [7, 11) is 0. The van der Waals surface area contributed by atoms with Crippen LogP contribution in [0.3, 0.4) is 0 Å². The van der Waals surface area contributed by atoms with E-state index >= 15 is 0 Å². The summed E-state index contributed by atoms with van der Waals surface area (Å²) in [4.78, 5) is 14.8. The van der Waals surface area contributed by atoms with Gasteiger partial charge in [0.15, 0.2) is 6.20 Å². The summed E-state index contributed by atoms with van der Waals surface area (Å²) in [5.41, 5.74) is 3.70. The van der Waals surface area contributed by atoms with E-state index in [0.29, 0.717) is 18.1 Å². The lowest BCUT2D eigenvalue weighted by Crippen LogP contribution is -2.40. The van der Waals surface area contributed by atoms with Gasteiger partial charge in [0.25, 0.3) is 5.03 Å². The van der Waals surface area contributed by atoms with Crippen molar-refractivity contribution in [1.82, 2.24) is 4.90 Å². The Balaban J connectivity index is 1.54. The van der Waals surface area contributed by atoms with Crippen LogP contribution < -0.4 is 4.73 Å². The summed E-state index contributed by atoms with van der Waals surface area (Å²) >= 11 is 1.29. The average molecular weight is 376 g/mol. The first-order chi connectivity index (χ1) is 13.2. The topological polar surface area (TPSA) is 47.2 Å². The molecule has 1 aliphatic heterocycles. The van der Waals surface area contributed by atoms with Crippen LogP contribution in [0.1, 0.15) is 22.6 Å². The summed E-state index contributed by atoms with van der Waals surface area (Å²) in [6, 6.07) is 23.9. The number of nitrogens with zero attached hydrogens (tertiary/aromatic N) is 2. The van der Waals surface area contributed by atoms with Gasteiger partial charge in [-0.25, -0.2) is 0 Å². The molecule has 0 unspecified atom stereocenters. The molecule has 5 heteroatoms. The highest BCUT2D eigenvalue weighted by atomic mass is 32.2. The summed E-state index contributed by atoms with van der Waals surface area (Å²) in [6.07, 6.45) is 1.45. The Kier molecular flexibility index (Phi) is 5.12. The minimum Gasteiger partial charge on any atom is -0.618 e. The molecule has 0 N–H and O–H groups in total. The lowest BCUT2D eigenvalue weighted by Gasteiger charge is -2.35. The molecule has 1 aromatic heterocycles. The molecule has 2 heterocycles. The highest BCUT2D eigenvalue weighted by Gasteiger charge is 2.29. The molecule has 2 aromatic carbocycles. The molecule has 27 heavy (non-hydrogen) atoms. The zero-order valence-electron chi connectivity index (χ0n) is 14.8. The summed E-state index contributed by atoms with van der Waals surface area (Å²) in [5.74, 6) is 0.487. The first kappa shape index (κ1) is 17.6. The van der Waals surface area contributed by atoms with Crippen molar-refractivity contribution in [1.29, 1.82) is 0 Å². The van der Waals surface area contributed by atoms with Crippen molar-refractivity contribution in [3.05, 3.63) is 101 Å². The molecule has 0 aliphatic carbocycles. The first-order valence-electron chi connectivity index (χ1n) is 8.94. The molecule has 0 radical (unpaired) electrons. The highest BCUT2D eigenvalue weighted by Crippen LogP contribution is 2.33. The normalized spacial score (nSPS) is 16.0. The second kappa shape index (κ2) is 7.84. The van der Waals surface area contributed by atoms with E-state index in [0.717, 1.165) is 4.73 Å². The number of rotatable bonds is 4. The summed E-state index contributed by atoms with van der Waals surface area (Å²) in [5, 5.41) is 12.3. The van der Waals surface area contributed by atoms with Crippen molar-refractivity contribution in [3.8, 4) is 0 Å². The molecule has 4 nitrogen and oxygen atoms in total. The van der Waals surface area contributed by atoms with Gasteiger partial charge in [0, 0.05) is 31.1 Å². The van der Waals surface area contributed by atoms with Gasteiger partial charge in [0.1, 0.15) is 0 Å². The lowest BCUT2D eigenvalue weighted by molar-refractivity contribution is -0.645. The van der Waals surface area contributed by atoms with Crippen molar-refractivity contribution < 1.29 is 9.52 Å². The van der Waals surface area contributed by atoms with Crippen LogP contribution in [0.4, 0.5) is 0 Å². The largest absolute Gasteiger partial charge is 0.618 e. The molecule has 0 saturated carbocycles. The van der Waals surface area contributed by atoms with Crippen LogP contribution in [-0.2, 0) is 11.3 Å². The molecule has 136 valence electrons. The van der Waals surface area contributed by atoms with E-state index in [1.54, 1.807) is 12.1 Å². The third-order valence-electron chi connectivity index (χ3n) is 4.88. The van der Waals surface area contributed by atoms with Gasteiger partial charge in [0.05, 0.1) is 5.75 Å². The Morgan fingerprint density at radius 2 is 1.78 bits per heavy atom. The zero-order valence-corrected chi connectivity index (χ0v) is 15.6. The van der Waals surface area contributed by atoms with Crippen LogP contribution in [0.5, 0.6) is 0 Å². The van der Waals surface area contributed by atoms with Gasteiger partial charge >= 0.3 is 0 Å². The number of carbonyl (C=O) groups excluding carboxylic acids is 1. The fourth-order valence-corrected chi connectivity index (χ4v) is 4.34. The molecule has 0 spiro atoms. The van der Waals surface area contributed by atoms with Crippen LogP contribution in [0.25, 0.3) is 0 Å². The maximum atomic E-state index is 12.9. The fraction of sp³-hybridized carbons (Fsp3) is 0.182. The number of amides is 1.